The summed E-state index contributed by atoms with van der Waals surface area (Å²) in [6.45, 7) is 10.7. The molecule has 0 saturated carbocycles. The lowest BCUT2D eigenvalue weighted by atomic mass is 9.70. The number of carbonyl (C=O) groups excluding carboxylic acids is 1. The van der Waals surface area contributed by atoms with E-state index < -0.39 is 56.2 Å². The van der Waals surface area contributed by atoms with Gasteiger partial charge in [0.05, 0.1) is 11.4 Å². The fourth-order valence-corrected chi connectivity index (χ4v) is 5.81. The first-order valence-electron chi connectivity index (χ1n) is 11.6. The van der Waals surface area contributed by atoms with Gasteiger partial charge in [-0.05, 0) is 36.2 Å². The summed E-state index contributed by atoms with van der Waals surface area (Å²) in [7, 11) is -2.08. The Kier molecular flexibility index (Phi) is 8.65. The van der Waals surface area contributed by atoms with Crippen molar-refractivity contribution in [2.45, 2.75) is 66.2 Å². The molecule has 1 heterocycles. The maximum atomic E-state index is 14.5. The number of anilines is 1. The fourth-order valence-electron chi connectivity index (χ4n) is 4.57. The second-order valence-corrected chi connectivity index (χ2v) is 12.8. The van der Waals surface area contributed by atoms with Crippen molar-refractivity contribution in [2.75, 3.05) is 5.73 Å². The maximum Gasteiger partial charge on any atom is 0.396 e. The number of halogens is 3. The highest BCUT2D eigenvalue weighted by Gasteiger charge is 2.61. The monoisotopic (exact) mass is 511 g/mol. The van der Waals surface area contributed by atoms with Crippen LogP contribution in [0.3, 0.4) is 0 Å². The highest BCUT2D eigenvalue weighted by molar-refractivity contribution is 6.48. The quantitative estimate of drug-likeness (QED) is 0.394. The third-order valence-electron chi connectivity index (χ3n) is 5.82. The average Bonchev–Trinajstić information content (AvgIpc) is 2.69. The summed E-state index contributed by atoms with van der Waals surface area (Å²) in [6.07, 6.45) is -4.65. The van der Waals surface area contributed by atoms with Crippen LogP contribution < -0.4 is 16.6 Å². The van der Waals surface area contributed by atoms with Gasteiger partial charge >= 0.3 is 6.18 Å². The molecule has 3 N–H and O–H groups in total. The average molecular weight is 512 g/mol. The van der Waals surface area contributed by atoms with Gasteiger partial charge in [-0.2, -0.15) is 13.2 Å². The molecular weight excluding hydrogens is 475 g/mol. The van der Waals surface area contributed by atoms with Crippen molar-refractivity contribution >= 4 is 20.6 Å². The Balaban J connectivity index is 2.61. The molecule has 0 fully saturated rings. The number of nitrogens with zero attached hydrogens (tertiary/aromatic N) is 1. The first-order valence-corrected chi connectivity index (χ1v) is 14.4. The molecule has 1 aromatic carbocycles. The Morgan fingerprint density at radius 3 is 2.11 bits per heavy atom. The van der Waals surface area contributed by atoms with Crippen molar-refractivity contribution in [3.8, 4) is 11.3 Å². The van der Waals surface area contributed by atoms with Crippen LogP contribution in [0.2, 0.25) is 13.1 Å². The van der Waals surface area contributed by atoms with E-state index in [2.05, 4.69) is 5.32 Å². The topological polar surface area (TPSA) is 86.4 Å². The zero-order valence-electron chi connectivity index (χ0n) is 21.4. The number of nitrogen functional groups attached to an aromatic ring is 1. The first kappa shape index (κ1) is 28.6. The van der Waals surface area contributed by atoms with Crippen LogP contribution in [0.25, 0.3) is 11.3 Å². The van der Waals surface area contributed by atoms with E-state index in [-0.39, 0.29) is 5.69 Å². The first-order chi connectivity index (χ1) is 16.0. The van der Waals surface area contributed by atoms with Gasteiger partial charge in [-0.25, -0.2) is 0 Å². The van der Waals surface area contributed by atoms with Crippen LogP contribution in [0.5, 0.6) is 0 Å². The molecule has 6 nitrogen and oxygen atoms in total. The molecule has 10 heteroatoms. The Labute approximate surface area is 206 Å². The van der Waals surface area contributed by atoms with Gasteiger partial charge in [0.15, 0.2) is 9.04 Å². The molecule has 0 bridgehead atoms. The highest BCUT2D eigenvalue weighted by atomic mass is 28.3. The summed E-state index contributed by atoms with van der Waals surface area (Å²) in [5, 5.41) is 2.60. The summed E-state index contributed by atoms with van der Waals surface area (Å²) < 4.78 is 50.8. The molecule has 2 atom stereocenters. The van der Waals surface area contributed by atoms with Gasteiger partial charge in [0.1, 0.15) is 18.2 Å². The lowest BCUT2D eigenvalue weighted by Crippen LogP contribution is -2.67. The predicted octanol–water partition coefficient (Wildman–Crippen LogP) is 4.79. The van der Waals surface area contributed by atoms with Crippen LogP contribution in [-0.4, -0.2) is 31.4 Å². The van der Waals surface area contributed by atoms with E-state index >= 15 is 0 Å². The van der Waals surface area contributed by atoms with Gasteiger partial charge in [0.2, 0.25) is 5.91 Å². The van der Waals surface area contributed by atoms with E-state index in [9.17, 15) is 22.8 Å². The molecule has 35 heavy (non-hydrogen) atoms. The molecule has 0 aliphatic heterocycles. The normalized spacial score (nSPS) is 15.2. The highest BCUT2D eigenvalue weighted by Crippen LogP contribution is 2.49. The minimum atomic E-state index is -4.65. The van der Waals surface area contributed by atoms with E-state index in [4.69, 9.17) is 10.2 Å². The third-order valence-corrected chi connectivity index (χ3v) is 6.68. The van der Waals surface area contributed by atoms with Gasteiger partial charge in [0, 0.05) is 5.92 Å². The zero-order valence-corrected chi connectivity index (χ0v) is 22.5. The smallest absolute Gasteiger partial charge is 0.396 e. The van der Waals surface area contributed by atoms with Crippen molar-refractivity contribution in [3.05, 3.63) is 52.8 Å². The summed E-state index contributed by atoms with van der Waals surface area (Å²) >= 11 is 0. The van der Waals surface area contributed by atoms with E-state index in [1.165, 1.54) is 31.4 Å². The molecule has 1 amide bonds. The zero-order chi connectivity index (χ0) is 26.8. The van der Waals surface area contributed by atoms with Crippen molar-refractivity contribution in [2.24, 2.45) is 17.3 Å². The van der Waals surface area contributed by atoms with Crippen LogP contribution in [0, 0.1) is 17.3 Å². The van der Waals surface area contributed by atoms with Gasteiger partial charge in [0.25, 0.3) is 5.56 Å². The summed E-state index contributed by atoms with van der Waals surface area (Å²) in [4.78, 5) is 26.3. The largest absolute Gasteiger partial charge is 0.398 e. The molecule has 194 valence electrons. The van der Waals surface area contributed by atoms with Crippen LogP contribution in [0.4, 0.5) is 18.9 Å². The van der Waals surface area contributed by atoms with Gasteiger partial charge in [-0.1, -0.05) is 65.0 Å². The van der Waals surface area contributed by atoms with Crippen LogP contribution in [0.15, 0.2) is 47.3 Å². The number of carbonyl (C=O) groups is 1. The molecule has 2 rings (SSSR count). The number of nitrogens with one attached hydrogen (secondary N) is 1. The third kappa shape index (κ3) is 6.55. The van der Waals surface area contributed by atoms with Crippen LogP contribution >= 0.6 is 0 Å². The minimum Gasteiger partial charge on any atom is -0.398 e. The number of benzene rings is 1. The number of pyridine rings is 1. The summed E-state index contributed by atoms with van der Waals surface area (Å²) in [5.74, 6) is -3.47. The van der Waals surface area contributed by atoms with Gasteiger partial charge in [-0.3, -0.25) is 14.2 Å². The number of hydrogen-bond acceptors (Lipinski definition) is 4. The Morgan fingerprint density at radius 1 is 1.09 bits per heavy atom. The standard InChI is InChI=1S/C25H36F3N3O3Si/c1-16(2)24(34-35(6)7,22(23(3,4)5)25(26,27)28)30-20(32)15-31-19(14-13-18(29)21(31)33)17-11-9-8-10-12-17/h8-14,16,22,35H,15,29H2,1-7H3,(H,30,32). The van der Waals surface area contributed by atoms with Gasteiger partial charge < -0.3 is 15.5 Å². The predicted molar refractivity (Wildman–Crippen MR) is 135 cm³/mol. The minimum absolute atomic E-state index is 0.0682. The molecule has 0 radical (unpaired) electrons. The number of hydrogen-bond donors (Lipinski definition) is 2. The molecule has 0 aliphatic rings. The van der Waals surface area contributed by atoms with Crippen molar-refractivity contribution < 1.29 is 22.4 Å². The number of alkyl halides is 3. The lowest BCUT2D eigenvalue weighted by Gasteiger charge is -2.51. The molecule has 2 unspecified atom stereocenters. The number of aromatic nitrogens is 1. The number of nitrogens with two attached hydrogens (primary N) is 1. The second kappa shape index (κ2) is 10.6. The van der Waals surface area contributed by atoms with Gasteiger partial charge in [-0.15, -0.1) is 0 Å². The van der Waals surface area contributed by atoms with E-state index in [1.54, 1.807) is 57.3 Å². The maximum absolute atomic E-state index is 14.5. The van der Waals surface area contributed by atoms with Crippen LogP contribution in [0.1, 0.15) is 34.6 Å². The molecule has 2 aromatic rings. The molecule has 0 spiro atoms. The summed E-state index contributed by atoms with van der Waals surface area (Å²) in [5.41, 5.74) is 2.96. The van der Waals surface area contributed by atoms with E-state index in [1.807, 2.05) is 6.07 Å². The molecule has 0 aliphatic carbocycles. The number of amides is 1. The van der Waals surface area contributed by atoms with Crippen molar-refractivity contribution in [3.63, 3.8) is 0 Å². The van der Waals surface area contributed by atoms with Crippen molar-refractivity contribution in [1.29, 1.82) is 0 Å². The lowest BCUT2D eigenvalue weighted by molar-refractivity contribution is -0.265. The molecular formula is C25H36F3N3O3Si. The second-order valence-electron chi connectivity index (χ2n) is 10.4. The Hall–Kier alpha value is -2.59. The molecule has 1 aromatic heterocycles. The van der Waals surface area contributed by atoms with E-state index in [0.717, 1.165) is 0 Å². The van der Waals surface area contributed by atoms with Crippen LogP contribution in [-0.2, 0) is 15.8 Å². The van der Waals surface area contributed by atoms with E-state index in [0.29, 0.717) is 11.3 Å². The Morgan fingerprint density at radius 2 is 1.66 bits per heavy atom. The SMILES string of the molecule is CC(C)C(NC(=O)Cn1c(-c2ccccc2)ccc(N)c1=O)(O[SiH](C)C)C(C(C)(C)C)C(F)(F)F. The van der Waals surface area contributed by atoms with Crippen molar-refractivity contribution in [1.82, 2.24) is 9.88 Å². The Bertz CT molecular complexity index is 1070. The fraction of sp³-hybridized carbons (Fsp3) is 0.520. The molecule has 0 saturated heterocycles. The summed E-state index contributed by atoms with van der Waals surface area (Å²) in [6, 6.07) is 12.0. The number of rotatable bonds is 8.